The summed E-state index contributed by atoms with van der Waals surface area (Å²) in [7, 11) is 2.01. The van der Waals surface area contributed by atoms with E-state index in [1.165, 1.54) is 12.8 Å². The number of nitrogens with zero attached hydrogens (tertiary/aromatic N) is 2. The number of halogens is 1. The topological polar surface area (TPSA) is 35.6 Å². The summed E-state index contributed by atoms with van der Waals surface area (Å²) in [6.45, 7) is 9.78. The second kappa shape index (κ2) is 8.73. The van der Waals surface area contributed by atoms with Crippen LogP contribution in [-0.2, 0) is 4.79 Å². The Kier molecular flexibility index (Phi) is 8.57. The highest BCUT2D eigenvalue weighted by Crippen LogP contribution is 2.14. The number of amides is 1. The number of nitrogens with one attached hydrogen (secondary N) is 1. The molecule has 0 bridgehead atoms. The van der Waals surface area contributed by atoms with Crippen molar-refractivity contribution in [3.63, 3.8) is 0 Å². The van der Waals surface area contributed by atoms with Gasteiger partial charge in [0, 0.05) is 25.7 Å². The molecule has 0 aromatic carbocycles. The van der Waals surface area contributed by atoms with E-state index < -0.39 is 0 Å². The molecular weight excluding hydrogens is 250 g/mol. The van der Waals surface area contributed by atoms with E-state index in [0.29, 0.717) is 6.04 Å². The Hall–Kier alpha value is -0.320. The van der Waals surface area contributed by atoms with Gasteiger partial charge in [-0.05, 0) is 47.2 Å². The monoisotopic (exact) mass is 277 g/mol. The molecule has 1 heterocycles. The molecule has 0 radical (unpaired) electrons. The third-order valence-electron chi connectivity index (χ3n) is 3.84. The maximum absolute atomic E-state index is 12.3. The summed E-state index contributed by atoms with van der Waals surface area (Å²) in [5, 5.41) is 3.32. The van der Waals surface area contributed by atoms with Gasteiger partial charge < -0.3 is 10.2 Å². The van der Waals surface area contributed by atoms with Crippen LogP contribution in [0.2, 0.25) is 0 Å². The first kappa shape index (κ1) is 17.7. The summed E-state index contributed by atoms with van der Waals surface area (Å²) in [5.41, 5.74) is 0. The Morgan fingerprint density at radius 3 is 2.56 bits per heavy atom. The zero-order chi connectivity index (χ0) is 12.8. The first-order valence-corrected chi connectivity index (χ1v) is 6.84. The fraction of sp³-hybridized carbons (Fsp3) is 0.923. The Balaban J connectivity index is 0.00000289. The fourth-order valence-electron chi connectivity index (χ4n) is 2.55. The average Bonchev–Trinajstić information content (AvgIpc) is 2.39. The zero-order valence-electron chi connectivity index (χ0n) is 12.1. The molecule has 0 aliphatic carbocycles. The normalized spacial score (nSPS) is 22.1. The molecule has 18 heavy (non-hydrogen) atoms. The molecule has 1 fully saturated rings. The SMILES string of the molecule is CCN(CC)C(=O)C(C)N1CCCC(NC)C1.Cl. The highest BCUT2D eigenvalue weighted by molar-refractivity contribution is 5.85. The standard InChI is InChI=1S/C13H27N3O.ClH/c1-5-15(6-2)13(17)11(3)16-9-7-8-12(10-16)14-4;/h11-12,14H,5-10H2,1-4H3;1H. The molecule has 4 nitrogen and oxygen atoms in total. The summed E-state index contributed by atoms with van der Waals surface area (Å²) in [4.78, 5) is 16.5. The van der Waals surface area contributed by atoms with E-state index in [4.69, 9.17) is 0 Å². The second-order valence-corrected chi connectivity index (χ2v) is 4.81. The molecule has 1 rings (SSSR count). The number of likely N-dealkylation sites (tertiary alicyclic amines) is 1. The predicted octanol–water partition coefficient (Wildman–Crippen LogP) is 1.35. The van der Waals surface area contributed by atoms with Gasteiger partial charge in [0.2, 0.25) is 5.91 Å². The Bertz CT molecular complexity index is 246. The van der Waals surface area contributed by atoms with Gasteiger partial charge in [-0.15, -0.1) is 12.4 Å². The van der Waals surface area contributed by atoms with Crippen LogP contribution in [0, 0.1) is 0 Å². The molecule has 1 aliphatic rings. The van der Waals surface area contributed by atoms with Crippen LogP contribution < -0.4 is 5.32 Å². The van der Waals surface area contributed by atoms with E-state index in [-0.39, 0.29) is 24.4 Å². The van der Waals surface area contributed by atoms with E-state index in [1.807, 2.05) is 32.7 Å². The van der Waals surface area contributed by atoms with Crippen LogP contribution >= 0.6 is 12.4 Å². The van der Waals surface area contributed by atoms with Crippen molar-refractivity contribution in [3.05, 3.63) is 0 Å². The van der Waals surface area contributed by atoms with Crippen LogP contribution in [0.25, 0.3) is 0 Å². The maximum atomic E-state index is 12.3. The Morgan fingerprint density at radius 2 is 2.06 bits per heavy atom. The summed E-state index contributed by atoms with van der Waals surface area (Å²) in [5.74, 6) is 0.270. The minimum Gasteiger partial charge on any atom is -0.342 e. The van der Waals surface area contributed by atoms with Crippen molar-refractivity contribution in [2.45, 2.75) is 45.7 Å². The van der Waals surface area contributed by atoms with Gasteiger partial charge >= 0.3 is 0 Å². The third-order valence-corrected chi connectivity index (χ3v) is 3.84. The number of piperidine rings is 1. The van der Waals surface area contributed by atoms with Crippen LogP contribution in [0.5, 0.6) is 0 Å². The fourth-order valence-corrected chi connectivity index (χ4v) is 2.55. The summed E-state index contributed by atoms with van der Waals surface area (Å²) < 4.78 is 0. The highest BCUT2D eigenvalue weighted by atomic mass is 35.5. The number of hydrogen-bond acceptors (Lipinski definition) is 3. The van der Waals surface area contributed by atoms with Crippen LogP contribution in [-0.4, -0.2) is 61.0 Å². The second-order valence-electron chi connectivity index (χ2n) is 4.81. The van der Waals surface area contributed by atoms with Gasteiger partial charge in [0.05, 0.1) is 6.04 Å². The lowest BCUT2D eigenvalue weighted by atomic mass is 10.0. The van der Waals surface area contributed by atoms with Crippen molar-refractivity contribution in [2.75, 3.05) is 33.2 Å². The van der Waals surface area contributed by atoms with Crippen molar-refractivity contribution in [1.29, 1.82) is 0 Å². The van der Waals surface area contributed by atoms with E-state index >= 15 is 0 Å². The van der Waals surface area contributed by atoms with E-state index in [2.05, 4.69) is 10.2 Å². The molecule has 0 saturated carbocycles. The molecule has 0 spiro atoms. The van der Waals surface area contributed by atoms with Crippen molar-refractivity contribution >= 4 is 18.3 Å². The number of carbonyl (C=O) groups excluding carboxylic acids is 1. The van der Waals surface area contributed by atoms with Crippen LogP contribution in [0.3, 0.4) is 0 Å². The van der Waals surface area contributed by atoms with Crippen molar-refractivity contribution in [1.82, 2.24) is 15.1 Å². The molecule has 2 atom stereocenters. The quantitative estimate of drug-likeness (QED) is 0.824. The number of carbonyl (C=O) groups is 1. The van der Waals surface area contributed by atoms with Gasteiger partial charge in [0.15, 0.2) is 0 Å². The molecule has 2 unspecified atom stereocenters. The van der Waals surface area contributed by atoms with Gasteiger partial charge in [-0.2, -0.15) is 0 Å². The lowest BCUT2D eigenvalue weighted by Crippen LogP contribution is -2.53. The molecular formula is C13H28ClN3O. The Morgan fingerprint density at radius 1 is 1.44 bits per heavy atom. The van der Waals surface area contributed by atoms with Crippen LogP contribution in [0.15, 0.2) is 0 Å². The van der Waals surface area contributed by atoms with Gasteiger partial charge in [0.25, 0.3) is 0 Å². The summed E-state index contributed by atoms with van der Waals surface area (Å²) >= 11 is 0. The van der Waals surface area contributed by atoms with E-state index in [9.17, 15) is 4.79 Å². The average molecular weight is 278 g/mol. The molecule has 1 amide bonds. The van der Waals surface area contributed by atoms with Gasteiger partial charge in [-0.3, -0.25) is 9.69 Å². The molecule has 108 valence electrons. The lowest BCUT2D eigenvalue weighted by Gasteiger charge is -2.37. The zero-order valence-corrected chi connectivity index (χ0v) is 12.9. The molecule has 1 aliphatic heterocycles. The molecule has 0 aromatic rings. The summed E-state index contributed by atoms with van der Waals surface area (Å²) in [6.07, 6.45) is 2.40. The van der Waals surface area contributed by atoms with E-state index in [0.717, 1.165) is 26.2 Å². The highest BCUT2D eigenvalue weighted by Gasteiger charge is 2.28. The minimum absolute atomic E-state index is 0. The lowest BCUT2D eigenvalue weighted by molar-refractivity contribution is -0.136. The van der Waals surface area contributed by atoms with Crippen LogP contribution in [0.1, 0.15) is 33.6 Å². The predicted molar refractivity (Wildman–Crippen MR) is 78.3 cm³/mol. The van der Waals surface area contributed by atoms with Crippen LogP contribution in [0.4, 0.5) is 0 Å². The van der Waals surface area contributed by atoms with Gasteiger partial charge in [0.1, 0.15) is 0 Å². The first-order chi connectivity index (χ1) is 8.13. The van der Waals surface area contributed by atoms with Crippen molar-refractivity contribution < 1.29 is 4.79 Å². The number of rotatable bonds is 5. The van der Waals surface area contributed by atoms with E-state index in [1.54, 1.807) is 0 Å². The van der Waals surface area contributed by atoms with Crippen molar-refractivity contribution in [3.8, 4) is 0 Å². The molecule has 1 saturated heterocycles. The third kappa shape index (κ3) is 4.41. The minimum atomic E-state index is 0. The molecule has 1 N–H and O–H groups in total. The molecule has 5 heteroatoms. The Labute approximate surface area is 117 Å². The number of hydrogen-bond donors (Lipinski definition) is 1. The molecule has 0 aromatic heterocycles. The first-order valence-electron chi connectivity index (χ1n) is 6.84. The van der Waals surface area contributed by atoms with Gasteiger partial charge in [-0.25, -0.2) is 0 Å². The number of likely N-dealkylation sites (N-methyl/N-ethyl adjacent to an activating group) is 2. The largest absolute Gasteiger partial charge is 0.342 e. The van der Waals surface area contributed by atoms with Crippen molar-refractivity contribution in [2.24, 2.45) is 0 Å². The smallest absolute Gasteiger partial charge is 0.239 e. The maximum Gasteiger partial charge on any atom is 0.239 e. The van der Waals surface area contributed by atoms with Gasteiger partial charge in [-0.1, -0.05) is 0 Å². The summed E-state index contributed by atoms with van der Waals surface area (Å²) in [6, 6.07) is 0.557.